The number of aromatic amines is 1. The molecule has 0 saturated carbocycles. The van der Waals surface area contributed by atoms with Crippen molar-refractivity contribution in [3.63, 3.8) is 0 Å². The van der Waals surface area contributed by atoms with Crippen molar-refractivity contribution in [2.75, 3.05) is 5.32 Å². The molecule has 2 heterocycles. The monoisotopic (exact) mass is 267 g/mol. The van der Waals surface area contributed by atoms with Crippen molar-refractivity contribution in [2.45, 2.75) is 13.5 Å². The fourth-order valence-corrected chi connectivity index (χ4v) is 1.54. The van der Waals surface area contributed by atoms with E-state index in [0.29, 0.717) is 6.54 Å². The summed E-state index contributed by atoms with van der Waals surface area (Å²) < 4.78 is 0.928. The van der Waals surface area contributed by atoms with Gasteiger partial charge in [0, 0.05) is 6.20 Å². The number of nitrogens with zero attached hydrogens (tertiary/aromatic N) is 3. The maximum Gasteiger partial charge on any atom is 0.169 e. The first-order valence-electron chi connectivity index (χ1n) is 4.48. The Morgan fingerprint density at radius 1 is 1.53 bits per heavy atom. The number of hydrogen-bond acceptors (Lipinski definition) is 4. The van der Waals surface area contributed by atoms with Crippen LogP contribution in [0.25, 0.3) is 0 Å². The first-order chi connectivity index (χ1) is 7.25. The van der Waals surface area contributed by atoms with Crippen molar-refractivity contribution in [3.8, 4) is 0 Å². The standard InChI is InChI=1S/C9H10BrN5/c1-6-13-8(15-14-6)5-12-9-7(10)3-2-4-11-9/h2-4H,5H2,1H3,(H,11,12)(H,13,14,15). The lowest BCUT2D eigenvalue weighted by Crippen LogP contribution is -2.03. The highest BCUT2D eigenvalue weighted by molar-refractivity contribution is 9.10. The van der Waals surface area contributed by atoms with E-state index in [4.69, 9.17) is 0 Å². The first-order valence-corrected chi connectivity index (χ1v) is 5.27. The van der Waals surface area contributed by atoms with E-state index in [-0.39, 0.29) is 0 Å². The normalized spacial score (nSPS) is 10.3. The highest BCUT2D eigenvalue weighted by Gasteiger charge is 2.02. The van der Waals surface area contributed by atoms with Gasteiger partial charge in [-0.2, -0.15) is 5.10 Å². The number of aryl methyl sites for hydroxylation is 1. The average molecular weight is 268 g/mol. The van der Waals surface area contributed by atoms with Crippen LogP contribution in [-0.4, -0.2) is 20.2 Å². The summed E-state index contributed by atoms with van der Waals surface area (Å²) >= 11 is 3.40. The topological polar surface area (TPSA) is 66.5 Å². The third kappa shape index (κ3) is 2.53. The predicted octanol–water partition coefficient (Wildman–Crippen LogP) is 1.88. The number of hydrogen-bond donors (Lipinski definition) is 2. The number of nitrogens with one attached hydrogen (secondary N) is 2. The van der Waals surface area contributed by atoms with Gasteiger partial charge in [-0.3, -0.25) is 5.10 Å². The minimum absolute atomic E-state index is 0.556. The zero-order chi connectivity index (χ0) is 10.7. The van der Waals surface area contributed by atoms with Gasteiger partial charge in [0.05, 0.1) is 11.0 Å². The van der Waals surface area contributed by atoms with E-state index >= 15 is 0 Å². The fourth-order valence-electron chi connectivity index (χ4n) is 1.15. The van der Waals surface area contributed by atoms with Crippen molar-refractivity contribution >= 4 is 21.7 Å². The van der Waals surface area contributed by atoms with E-state index in [1.807, 2.05) is 19.1 Å². The Morgan fingerprint density at radius 2 is 2.40 bits per heavy atom. The van der Waals surface area contributed by atoms with Crippen molar-refractivity contribution in [1.82, 2.24) is 20.2 Å². The van der Waals surface area contributed by atoms with Gasteiger partial charge in [0.15, 0.2) is 5.82 Å². The van der Waals surface area contributed by atoms with Crippen LogP contribution in [0, 0.1) is 6.92 Å². The molecular formula is C9H10BrN5. The second kappa shape index (κ2) is 4.39. The number of halogens is 1. The molecule has 2 rings (SSSR count). The average Bonchev–Trinajstić information content (AvgIpc) is 2.63. The smallest absolute Gasteiger partial charge is 0.169 e. The van der Waals surface area contributed by atoms with Gasteiger partial charge in [-0.1, -0.05) is 0 Å². The molecule has 0 aromatic carbocycles. The summed E-state index contributed by atoms with van der Waals surface area (Å²) in [5.41, 5.74) is 0. The molecule has 6 heteroatoms. The third-order valence-corrected chi connectivity index (χ3v) is 2.46. The number of anilines is 1. The van der Waals surface area contributed by atoms with Crippen molar-refractivity contribution < 1.29 is 0 Å². The second-order valence-corrected chi connectivity index (χ2v) is 3.88. The molecule has 0 bridgehead atoms. The van der Waals surface area contributed by atoms with E-state index in [2.05, 4.69) is 41.4 Å². The van der Waals surface area contributed by atoms with E-state index in [1.165, 1.54) is 0 Å². The lowest BCUT2D eigenvalue weighted by Gasteiger charge is -2.03. The Bertz CT molecular complexity index is 453. The van der Waals surface area contributed by atoms with Crippen LogP contribution in [0.1, 0.15) is 11.6 Å². The molecule has 0 amide bonds. The molecule has 2 aromatic heterocycles. The van der Waals surface area contributed by atoms with Crippen LogP contribution in [-0.2, 0) is 6.54 Å². The van der Waals surface area contributed by atoms with E-state index in [0.717, 1.165) is 21.9 Å². The summed E-state index contributed by atoms with van der Waals surface area (Å²) in [6.45, 7) is 2.42. The molecule has 2 N–H and O–H groups in total. The Hall–Kier alpha value is -1.43. The van der Waals surface area contributed by atoms with Gasteiger partial charge in [-0.15, -0.1) is 0 Å². The SMILES string of the molecule is Cc1nc(CNc2ncccc2Br)n[nH]1. The van der Waals surface area contributed by atoms with Crippen molar-refractivity contribution in [3.05, 3.63) is 34.5 Å². The number of pyridine rings is 1. The van der Waals surface area contributed by atoms with Crippen LogP contribution < -0.4 is 5.32 Å². The molecule has 0 saturated heterocycles. The quantitative estimate of drug-likeness (QED) is 0.892. The van der Waals surface area contributed by atoms with Crippen LogP contribution in [0.4, 0.5) is 5.82 Å². The molecule has 5 nitrogen and oxygen atoms in total. The highest BCUT2D eigenvalue weighted by atomic mass is 79.9. The predicted molar refractivity (Wildman–Crippen MR) is 60.4 cm³/mol. The molecule has 0 radical (unpaired) electrons. The summed E-state index contributed by atoms with van der Waals surface area (Å²) in [7, 11) is 0. The lowest BCUT2D eigenvalue weighted by molar-refractivity contribution is 0.945. The van der Waals surface area contributed by atoms with Crippen LogP contribution in [0.15, 0.2) is 22.8 Å². The van der Waals surface area contributed by atoms with Crippen LogP contribution in [0.5, 0.6) is 0 Å². The third-order valence-electron chi connectivity index (χ3n) is 1.82. The molecule has 2 aromatic rings. The summed E-state index contributed by atoms with van der Waals surface area (Å²) in [5, 5.41) is 9.94. The summed E-state index contributed by atoms with van der Waals surface area (Å²) in [5.74, 6) is 2.33. The molecule has 0 fully saturated rings. The zero-order valence-corrected chi connectivity index (χ0v) is 9.74. The van der Waals surface area contributed by atoms with E-state index in [1.54, 1.807) is 6.20 Å². The van der Waals surface area contributed by atoms with Gasteiger partial charge < -0.3 is 5.32 Å². The van der Waals surface area contributed by atoms with Gasteiger partial charge >= 0.3 is 0 Å². The minimum Gasteiger partial charge on any atom is -0.362 e. The van der Waals surface area contributed by atoms with Crippen molar-refractivity contribution in [1.29, 1.82) is 0 Å². The Labute approximate surface area is 95.5 Å². The minimum atomic E-state index is 0.556. The molecule has 0 atom stereocenters. The second-order valence-electron chi connectivity index (χ2n) is 3.02. The van der Waals surface area contributed by atoms with Gasteiger partial charge in [-0.05, 0) is 35.0 Å². The van der Waals surface area contributed by atoms with Crippen molar-refractivity contribution in [2.24, 2.45) is 0 Å². The summed E-state index contributed by atoms with van der Waals surface area (Å²) in [4.78, 5) is 8.36. The summed E-state index contributed by atoms with van der Waals surface area (Å²) in [6.07, 6.45) is 1.73. The van der Waals surface area contributed by atoms with Gasteiger partial charge in [0.1, 0.15) is 11.6 Å². The molecule has 15 heavy (non-hydrogen) atoms. The Balaban J connectivity index is 2.02. The molecule has 0 aliphatic rings. The Morgan fingerprint density at radius 3 is 3.07 bits per heavy atom. The van der Waals surface area contributed by atoms with Crippen LogP contribution >= 0.6 is 15.9 Å². The van der Waals surface area contributed by atoms with E-state index in [9.17, 15) is 0 Å². The van der Waals surface area contributed by atoms with Crippen LogP contribution in [0.2, 0.25) is 0 Å². The molecule has 0 aliphatic heterocycles. The maximum absolute atomic E-state index is 4.18. The molecule has 0 spiro atoms. The lowest BCUT2D eigenvalue weighted by atomic mass is 10.4. The molecular weight excluding hydrogens is 258 g/mol. The molecule has 0 aliphatic carbocycles. The number of rotatable bonds is 3. The number of H-pyrrole nitrogens is 1. The Kier molecular flexibility index (Phi) is 2.96. The van der Waals surface area contributed by atoms with Crippen LogP contribution in [0.3, 0.4) is 0 Å². The molecule has 0 unspecified atom stereocenters. The zero-order valence-electron chi connectivity index (χ0n) is 8.16. The highest BCUT2D eigenvalue weighted by Crippen LogP contribution is 2.18. The fraction of sp³-hybridized carbons (Fsp3) is 0.222. The summed E-state index contributed by atoms with van der Waals surface area (Å²) in [6, 6.07) is 3.80. The maximum atomic E-state index is 4.18. The van der Waals surface area contributed by atoms with Gasteiger partial charge in [0.2, 0.25) is 0 Å². The van der Waals surface area contributed by atoms with Gasteiger partial charge in [0.25, 0.3) is 0 Å². The van der Waals surface area contributed by atoms with E-state index < -0.39 is 0 Å². The molecule has 78 valence electrons. The van der Waals surface area contributed by atoms with Gasteiger partial charge in [-0.25, -0.2) is 9.97 Å². The first kappa shape index (κ1) is 10.1. The number of aromatic nitrogens is 4. The largest absolute Gasteiger partial charge is 0.362 e.